The van der Waals surface area contributed by atoms with E-state index in [4.69, 9.17) is 4.74 Å². The molecule has 3 heterocycles. The van der Waals surface area contributed by atoms with Crippen molar-refractivity contribution in [2.45, 2.75) is 38.8 Å². The lowest BCUT2D eigenvalue weighted by Gasteiger charge is -2.38. The molecule has 4 rings (SSSR count). The summed E-state index contributed by atoms with van der Waals surface area (Å²) in [4.78, 5) is 35.1. The quantitative estimate of drug-likeness (QED) is 0.765. The number of rotatable bonds is 2. The van der Waals surface area contributed by atoms with Gasteiger partial charge in [0.05, 0.1) is 23.6 Å². The second kappa shape index (κ2) is 8.64. The van der Waals surface area contributed by atoms with Crippen LogP contribution in [0.5, 0.6) is 0 Å². The van der Waals surface area contributed by atoms with E-state index in [1.54, 1.807) is 15.9 Å². The molecule has 1 aromatic carbocycles. The minimum atomic E-state index is -0.568. The SMILES string of the molecule is CC(C)(C)OC(=O)N[C@H]1CCN(C(=O)N2CCN(c3ccc(F)cn3)c3ccccc32)C1. The number of hydrogen-bond donors (Lipinski definition) is 1. The minimum absolute atomic E-state index is 0.0994. The van der Waals surface area contributed by atoms with Crippen LogP contribution >= 0.6 is 0 Å². The van der Waals surface area contributed by atoms with E-state index in [0.29, 0.717) is 38.4 Å². The topological polar surface area (TPSA) is 78.0 Å². The van der Waals surface area contributed by atoms with Crippen molar-refractivity contribution in [3.8, 4) is 0 Å². The Bertz CT molecular complexity index is 992. The van der Waals surface area contributed by atoms with E-state index in [1.165, 1.54) is 12.3 Å². The number of fused-ring (bicyclic) bond motifs is 1. The molecule has 9 heteroatoms. The van der Waals surface area contributed by atoms with Crippen LogP contribution in [0.1, 0.15) is 27.2 Å². The standard InChI is InChI=1S/C23H28FN5O3/c1-23(2,3)32-21(30)26-17-10-11-27(15-17)22(31)29-13-12-28(18-6-4-5-7-19(18)29)20-9-8-16(24)14-25-20/h4-9,14,17H,10-13,15H2,1-3H3,(H,26,30)/t17-/m0/s1. The summed E-state index contributed by atoms with van der Waals surface area (Å²) >= 11 is 0. The first kappa shape index (κ1) is 21.9. The van der Waals surface area contributed by atoms with Gasteiger partial charge in [-0.2, -0.15) is 0 Å². The van der Waals surface area contributed by atoms with Gasteiger partial charge in [0, 0.05) is 26.2 Å². The minimum Gasteiger partial charge on any atom is -0.444 e. The monoisotopic (exact) mass is 441 g/mol. The molecule has 1 fully saturated rings. The Balaban J connectivity index is 1.46. The smallest absolute Gasteiger partial charge is 0.407 e. The first-order chi connectivity index (χ1) is 15.2. The van der Waals surface area contributed by atoms with Crippen LogP contribution in [0, 0.1) is 5.82 Å². The second-order valence-corrected chi connectivity index (χ2v) is 8.99. The molecule has 0 bridgehead atoms. The molecule has 0 unspecified atom stereocenters. The molecule has 2 aliphatic rings. The van der Waals surface area contributed by atoms with Gasteiger partial charge in [-0.1, -0.05) is 12.1 Å². The Morgan fingerprint density at radius 1 is 1.09 bits per heavy atom. The number of amides is 3. The largest absolute Gasteiger partial charge is 0.444 e. The van der Waals surface area contributed by atoms with Crippen molar-refractivity contribution < 1.29 is 18.7 Å². The number of hydrogen-bond acceptors (Lipinski definition) is 5. The van der Waals surface area contributed by atoms with Crippen molar-refractivity contribution in [2.75, 3.05) is 36.0 Å². The van der Waals surface area contributed by atoms with Gasteiger partial charge in [0.2, 0.25) is 0 Å². The van der Waals surface area contributed by atoms with Gasteiger partial charge in [0.1, 0.15) is 17.2 Å². The van der Waals surface area contributed by atoms with Gasteiger partial charge in [-0.05, 0) is 51.5 Å². The third-order valence-electron chi connectivity index (χ3n) is 5.41. The van der Waals surface area contributed by atoms with E-state index in [2.05, 4.69) is 10.3 Å². The molecule has 0 saturated carbocycles. The van der Waals surface area contributed by atoms with Crippen LogP contribution < -0.4 is 15.1 Å². The average Bonchev–Trinajstić information content (AvgIpc) is 3.20. The third kappa shape index (κ3) is 4.76. The van der Waals surface area contributed by atoms with Crippen molar-refractivity contribution in [1.82, 2.24) is 15.2 Å². The third-order valence-corrected chi connectivity index (χ3v) is 5.41. The number of carbonyl (C=O) groups is 2. The molecule has 170 valence electrons. The second-order valence-electron chi connectivity index (χ2n) is 8.99. The summed E-state index contributed by atoms with van der Waals surface area (Å²) in [7, 11) is 0. The fraction of sp³-hybridized carbons (Fsp3) is 0.435. The van der Waals surface area contributed by atoms with E-state index in [-0.39, 0.29) is 17.9 Å². The van der Waals surface area contributed by atoms with Crippen LogP contribution in [0.2, 0.25) is 0 Å². The van der Waals surface area contributed by atoms with Gasteiger partial charge in [0.15, 0.2) is 0 Å². The Kier molecular flexibility index (Phi) is 5.90. The Morgan fingerprint density at radius 3 is 2.53 bits per heavy atom. The van der Waals surface area contributed by atoms with Gasteiger partial charge in [-0.3, -0.25) is 4.90 Å². The summed E-state index contributed by atoms with van der Waals surface area (Å²) in [5.74, 6) is 0.244. The first-order valence-corrected chi connectivity index (χ1v) is 10.8. The fourth-order valence-corrected chi connectivity index (χ4v) is 4.02. The van der Waals surface area contributed by atoms with Crippen molar-refractivity contribution in [3.05, 3.63) is 48.4 Å². The van der Waals surface area contributed by atoms with Gasteiger partial charge in [0.25, 0.3) is 0 Å². The molecule has 2 aliphatic heterocycles. The number of nitrogens with one attached hydrogen (secondary N) is 1. The maximum atomic E-state index is 13.3. The summed E-state index contributed by atoms with van der Waals surface area (Å²) in [6.45, 7) is 7.44. The zero-order chi connectivity index (χ0) is 22.9. The van der Waals surface area contributed by atoms with Crippen molar-refractivity contribution >= 4 is 29.3 Å². The number of para-hydroxylation sites is 2. The number of urea groups is 1. The molecule has 8 nitrogen and oxygen atoms in total. The number of pyridine rings is 1. The molecule has 0 radical (unpaired) electrons. The molecule has 0 spiro atoms. The van der Waals surface area contributed by atoms with Crippen molar-refractivity contribution in [1.29, 1.82) is 0 Å². The zero-order valence-corrected chi connectivity index (χ0v) is 18.5. The number of nitrogens with zero attached hydrogens (tertiary/aromatic N) is 4. The molecule has 2 aromatic rings. The highest BCUT2D eigenvalue weighted by Gasteiger charge is 2.35. The number of alkyl carbamates (subject to hydrolysis) is 1. The van der Waals surface area contributed by atoms with Crippen LogP contribution in [-0.4, -0.2) is 59.8 Å². The summed E-state index contributed by atoms with van der Waals surface area (Å²) in [6.07, 6.45) is 1.39. The van der Waals surface area contributed by atoms with E-state index in [9.17, 15) is 14.0 Å². The maximum absolute atomic E-state index is 13.3. The summed E-state index contributed by atoms with van der Waals surface area (Å²) in [5.41, 5.74) is 1.05. The maximum Gasteiger partial charge on any atom is 0.407 e. The molecular weight excluding hydrogens is 413 g/mol. The molecule has 1 aromatic heterocycles. The number of benzene rings is 1. The molecule has 1 atom stereocenters. The predicted molar refractivity (Wildman–Crippen MR) is 120 cm³/mol. The van der Waals surface area contributed by atoms with Crippen LogP contribution in [0.4, 0.5) is 31.2 Å². The Labute approximate surface area is 187 Å². The first-order valence-electron chi connectivity index (χ1n) is 10.8. The lowest BCUT2D eigenvalue weighted by atomic mass is 10.1. The molecule has 3 amide bonds. The highest BCUT2D eigenvalue weighted by molar-refractivity contribution is 5.98. The Morgan fingerprint density at radius 2 is 1.84 bits per heavy atom. The lowest BCUT2D eigenvalue weighted by molar-refractivity contribution is 0.0506. The van der Waals surface area contributed by atoms with Crippen molar-refractivity contribution in [3.63, 3.8) is 0 Å². The van der Waals surface area contributed by atoms with Crippen LogP contribution in [0.15, 0.2) is 42.6 Å². The molecule has 0 aliphatic carbocycles. The molecule has 1 N–H and O–H groups in total. The van der Waals surface area contributed by atoms with Crippen molar-refractivity contribution in [2.24, 2.45) is 0 Å². The van der Waals surface area contributed by atoms with E-state index >= 15 is 0 Å². The highest BCUT2D eigenvalue weighted by Crippen LogP contribution is 2.37. The van der Waals surface area contributed by atoms with Crippen LogP contribution in [-0.2, 0) is 4.74 Å². The van der Waals surface area contributed by atoms with E-state index in [1.807, 2.05) is 49.9 Å². The fourth-order valence-electron chi connectivity index (χ4n) is 4.02. The van der Waals surface area contributed by atoms with Gasteiger partial charge in [-0.25, -0.2) is 19.0 Å². The molecule has 1 saturated heterocycles. The van der Waals surface area contributed by atoms with Gasteiger partial charge >= 0.3 is 12.1 Å². The highest BCUT2D eigenvalue weighted by atomic mass is 19.1. The Hall–Kier alpha value is -3.36. The summed E-state index contributed by atoms with van der Waals surface area (Å²) in [5, 5.41) is 2.85. The molecular formula is C23H28FN5O3. The zero-order valence-electron chi connectivity index (χ0n) is 18.5. The normalized spacial score (nSPS) is 18.4. The van der Waals surface area contributed by atoms with Crippen LogP contribution in [0.3, 0.4) is 0 Å². The van der Waals surface area contributed by atoms with Crippen LogP contribution in [0.25, 0.3) is 0 Å². The average molecular weight is 442 g/mol. The van der Waals surface area contributed by atoms with E-state index < -0.39 is 11.7 Å². The number of carbonyl (C=O) groups excluding carboxylic acids is 2. The predicted octanol–water partition coefficient (Wildman–Crippen LogP) is 3.90. The summed E-state index contributed by atoms with van der Waals surface area (Å²) < 4.78 is 18.6. The number of ether oxygens (including phenoxy) is 1. The lowest BCUT2D eigenvalue weighted by Crippen LogP contribution is -2.49. The van der Waals surface area contributed by atoms with E-state index in [0.717, 1.165) is 11.4 Å². The summed E-state index contributed by atoms with van der Waals surface area (Å²) in [6, 6.07) is 10.4. The number of anilines is 3. The van der Waals surface area contributed by atoms with Gasteiger partial charge in [-0.15, -0.1) is 0 Å². The molecule has 32 heavy (non-hydrogen) atoms. The van der Waals surface area contributed by atoms with Gasteiger partial charge < -0.3 is 19.9 Å². The number of likely N-dealkylation sites (tertiary alicyclic amines) is 1. The number of halogens is 1. The number of aromatic nitrogens is 1.